The van der Waals surface area contributed by atoms with Crippen LogP contribution in [0.4, 0.5) is 0 Å². The molecule has 1 aromatic carbocycles. The third-order valence-electron chi connectivity index (χ3n) is 6.23. The first-order chi connectivity index (χ1) is 14.3. The maximum absolute atomic E-state index is 12.3. The number of benzene rings is 1. The number of likely N-dealkylation sites (N-methyl/N-ethyl adjacent to an activating group) is 1. The maximum atomic E-state index is 12.3. The minimum Gasteiger partial charge on any atom is -0.343 e. The fraction of sp³-hybridized carbons (Fsp3) is 0.708. The van der Waals surface area contributed by atoms with Gasteiger partial charge in [-0.1, -0.05) is 25.5 Å². The fourth-order valence-corrected chi connectivity index (χ4v) is 5.20. The number of sulfone groups is 1. The van der Waals surface area contributed by atoms with Crippen LogP contribution in [0.25, 0.3) is 0 Å². The summed E-state index contributed by atoms with van der Waals surface area (Å²) in [7, 11) is -3.21. The number of carbonyl (C=O) groups is 1. The molecule has 2 rings (SSSR count). The molecule has 0 bridgehead atoms. The van der Waals surface area contributed by atoms with E-state index in [0.717, 1.165) is 64.7 Å². The van der Waals surface area contributed by atoms with E-state index in [1.807, 2.05) is 12.1 Å². The molecular formula is C24H40N2O3S. The number of unbranched alkanes of at least 4 members (excludes halogenated alkanes) is 1. The van der Waals surface area contributed by atoms with E-state index in [1.54, 1.807) is 26.0 Å². The second-order valence-electron chi connectivity index (χ2n) is 8.82. The summed E-state index contributed by atoms with van der Waals surface area (Å²) in [5.41, 5.74) is 1.17. The molecule has 1 amide bonds. The molecule has 5 nitrogen and oxygen atoms in total. The Morgan fingerprint density at radius 3 is 2.37 bits per heavy atom. The van der Waals surface area contributed by atoms with Gasteiger partial charge < -0.3 is 9.80 Å². The minimum atomic E-state index is -3.21. The van der Waals surface area contributed by atoms with Crippen LogP contribution in [0.3, 0.4) is 0 Å². The molecule has 1 fully saturated rings. The van der Waals surface area contributed by atoms with Gasteiger partial charge in [0.1, 0.15) is 0 Å². The number of hydrogen-bond donors (Lipinski definition) is 0. The molecule has 1 atom stereocenters. The van der Waals surface area contributed by atoms with Crippen molar-refractivity contribution in [1.82, 2.24) is 9.80 Å². The first-order valence-electron chi connectivity index (χ1n) is 11.6. The lowest BCUT2D eigenvalue weighted by atomic mass is 10.1. The maximum Gasteiger partial charge on any atom is 0.222 e. The summed E-state index contributed by atoms with van der Waals surface area (Å²) < 4.78 is 24.6. The van der Waals surface area contributed by atoms with Crippen molar-refractivity contribution in [2.24, 2.45) is 0 Å². The predicted molar refractivity (Wildman–Crippen MR) is 123 cm³/mol. The van der Waals surface area contributed by atoms with Gasteiger partial charge in [0.15, 0.2) is 9.84 Å². The van der Waals surface area contributed by atoms with E-state index in [2.05, 4.69) is 23.6 Å². The lowest BCUT2D eigenvalue weighted by Gasteiger charge is -2.28. The number of rotatable bonds is 11. The molecule has 0 aliphatic carbocycles. The second-order valence-corrected chi connectivity index (χ2v) is 11.3. The Morgan fingerprint density at radius 2 is 1.73 bits per heavy atom. The Balaban J connectivity index is 1.81. The summed E-state index contributed by atoms with van der Waals surface area (Å²) in [5, 5.41) is -0.400. The van der Waals surface area contributed by atoms with Gasteiger partial charge in [-0.2, -0.15) is 0 Å². The van der Waals surface area contributed by atoms with Crippen molar-refractivity contribution in [1.29, 1.82) is 0 Å². The van der Waals surface area contributed by atoms with Crippen molar-refractivity contribution in [2.75, 3.05) is 26.2 Å². The highest BCUT2D eigenvalue weighted by Gasteiger charge is 2.20. The van der Waals surface area contributed by atoms with Gasteiger partial charge in [-0.15, -0.1) is 0 Å². The minimum absolute atomic E-state index is 0.330. The molecule has 0 saturated carbocycles. The molecule has 1 heterocycles. The van der Waals surface area contributed by atoms with Crippen molar-refractivity contribution in [3.63, 3.8) is 0 Å². The quantitative estimate of drug-likeness (QED) is 0.485. The molecule has 1 saturated heterocycles. The van der Waals surface area contributed by atoms with Crippen LogP contribution in [-0.2, 0) is 21.1 Å². The van der Waals surface area contributed by atoms with E-state index in [9.17, 15) is 13.2 Å². The first kappa shape index (κ1) is 24.9. The van der Waals surface area contributed by atoms with E-state index in [1.165, 1.54) is 12.0 Å². The van der Waals surface area contributed by atoms with Crippen LogP contribution < -0.4 is 0 Å². The molecule has 0 radical (unpaired) electrons. The zero-order chi connectivity index (χ0) is 22.1. The normalized spacial score (nSPS) is 16.9. The molecule has 170 valence electrons. The number of likely N-dealkylation sites (tertiary alicyclic amines) is 1. The van der Waals surface area contributed by atoms with Gasteiger partial charge in [-0.25, -0.2) is 8.42 Å². The van der Waals surface area contributed by atoms with E-state index < -0.39 is 15.1 Å². The predicted octanol–water partition coefficient (Wildman–Crippen LogP) is 4.30. The Labute approximate surface area is 183 Å². The van der Waals surface area contributed by atoms with Gasteiger partial charge in [-0.3, -0.25) is 4.79 Å². The number of nitrogens with zero attached hydrogens (tertiary/aromatic N) is 2. The van der Waals surface area contributed by atoms with Gasteiger partial charge in [0.25, 0.3) is 0 Å². The zero-order valence-corrected chi connectivity index (χ0v) is 20.1. The van der Waals surface area contributed by atoms with Crippen molar-refractivity contribution in [2.45, 2.75) is 88.8 Å². The monoisotopic (exact) mass is 436 g/mol. The Kier molecular flexibility index (Phi) is 9.82. The Bertz CT molecular complexity index is 759. The highest BCUT2D eigenvalue weighted by Crippen LogP contribution is 2.18. The highest BCUT2D eigenvalue weighted by atomic mass is 32.2. The average Bonchev–Trinajstić information content (AvgIpc) is 2.92. The lowest BCUT2D eigenvalue weighted by molar-refractivity contribution is -0.130. The smallest absolute Gasteiger partial charge is 0.222 e. The van der Waals surface area contributed by atoms with Crippen LogP contribution in [-0.4, -0.2) is 61.6 Å². The largest absolute Gasteiger partial charge is 0.343 e. The number of carbonyl (C=O) groups excluding carboxylic acids is 1. The van der Waals surface area contributed by atoms with Crippen LogP contribution in [0.2, 0.25) is 0 Å². The standard InChI is InChI=1S/C24H40N2O3S/c1-5-25(16-9-10-18-26-17-8-6-7-11-24(26)27)21(4)19-22-12-14-23(15-13-22)30(28,29)20(2)3/h12-15,20-21H,5-11,16-19H2,1-4H3. The van der Waals surface area contributed by atoms with Gasteiger partial charge in [0.2, 0.25) is 5.91 Å². The molecule has 6 heteroatoms. The fourth-order valence-electron chi connectivity index (χ4n) is 4.14. The SMILES string of the molecule is CCN(CCCCN1CCCCCC1=O)C(C)Cc1ccc(S(=O)(=O)C(C)C)cc1. The second kappa shape index (κ2) is 11.8. The molecular weight excluding hydrogens is 396 g/mol. The summed E-state index contributed by atoms with van der Waals surface area (Å²) in [5.74, 6) is 0.330. The molecule has 0 spiro atoms. The van der Waals surface area contributed by atoms with Gasteiger partial charge in [-0.05, 0) is 83.7 Å². The van der Waals surface area contributed by atoms with E-state index >= 15 is 0 Å². The molecule has 30 heavy (non-hydrogen) atoms. The molecule has 1 unspecified atom stereocenters. The van der Waals surface area contributed by atoms with Gasteiger partial charge in [0.05, 0.1) is 10.1 Å². The number of hydrogen-bond acceptors (Lipinski definition) is 4. The summed E-state index contributed by atoms with van der Waals surface area (Å²) in [6, 6.07) is 7.77. The van der Waals surface area contributed by atoms with Crippen LogP contribution in [0.1, 0.15) is 71.8 Å². The van der Waals surface area contributed by atoms with Crippen molar-refractivity contribution < 1.29 is 13.2 Å². The average molecular weight is 437 g/mol. The van der Waals surface area contributed by atoms with E-state index in [4.69, 9.17) is 0 Å². The molecule has 1 aromatic rings. The van der Waals surface area contributed by atoms with Gasteiger partial charge >= 0.3 is 0 Å². The topological polar surface area (TPSA) is 57.7 Å². The van der Waals surface area contributed by atoms with Crippen molar-refractivity contribution >= 4 is 15.7 Å². The number of amides is 1. The third-order valence-corrected chi connectivity index (χ3v) is 8.40. The Hall–Kier alpha value is -1.40. The van der Waals surface area contributed by atoms with E-state index in [0.29, 0.717) is 16.8 Å². The van der Waals surface area contributed by atoms with Crippen LogP contribution in [0.5, 0.6) is 0 Å². The summed E-state index contributed by atoms with van der Waals surface area (Å²) >= 11 is 0. The zero-order valence-electron chi connectivity index (χ0n) is 19.3. The molecule has 0 aromatic heterocycles. The lowest BCUT2D eigenvalue weighted by Crippen LogP contribution is -2.36. The summed E-state index contributed by atoms with van der Waals surface area (Å²) in [6.07, 6.45) is 7.12. The van der Waals surface area contributed by atoms with Crippen molar-refractivity contribution in [3.8, 4) is 0 Å². The Morgan fingerprint density at radius 1 is 1.03 bits per heavy atom. The van der Waals surface area contributed by atoms with Crippen LogP contribution in [0, 0.1) is 0 Å². The molecule has 1 aliphatic heterocycles. The van der Waals surface area contributed by atoms with Crippen LogP contribution in [0.15, 0.2) is 29.2 Å². The summed E-state index contributed by atoms with van der Waals surface area (Å²) in [4.78, 5) is 17.0. The van der Waals surface area contributed by atoms with Crippen molar-refractivity contribution in [3.05, 3.63) is 29.8 Å². The molecule has 1 aliphatic rings. The highest BCUT2D eigenvalue weighted by molar-refractivity contribution is 7.92. The third kappa shape index (κ3) is 7.09. The van der Waals surface area contributed by atoms with Crippen LogP contribution >= 0.6 is 0 Å². The first-order valence-corrected chi connectivity index (χ1v) is 13.1. The summed E-state index contributed by atoms with van der Waals surface area (Å²) in [6.45, 7) is 11.7. The van der Waals surface area contributed by atoms with E-state index in [-0.39, 0.29) is 0 Å². The van der Waals surface area contributed by atoms with Gasteiger partial charge in [0, 0.05) is 25.6 Å². The molecule has 0 N–H and O–H groups in total.